The molecule has 0 bridgehead atoms. The van der Waals surface area contributed by atoms with Crippen LogP contribution >= 0.6 is 0 Å². The summed E-state index contributed by atoms with van der Waals surface area (Å²) in [5.74, 6) is -0.281. The Morgan fingerprint density at radius 1 is 1.33 bits per heavy atom. The Hall–Kier alpha value is -1.38. The van der Waals surface area contributed by atoms with Crippen LogP contribution in [0.5, 0.6) is 0 Å². The van der Waals surface area contributed by atoms with Gasteiger partial charge in [-0.15, -0.1) is 0 Å². The molecule has 62 valence electrons. The van der Waals surface area contributed by atoms with Gasteiger partial charge < -0.3 is 5.21 Å². The Bertz CT molecular complexity index is 346. The second kappa shape index (κ2) is 2.59. The van der Waals surface area contributed by atoms with Crippen molar-refractivity contribution in [2.45, 2.75) is 12.8 Å². The topological polar surface area (TPSA) is 32.6 Å². The fraction of sp³-hybridized carbons (Fsp3) is 0.222. The molecule has 3 heteroatoms. The minimum absolute atomic E-state index is 0.281. The molecule has 0 radical (unpaired) electrons. The van der Waals surface area contributed by atoms with E-state index in [0.29, 0.717) is 12.1 Å². The highest BCUT2D eigenvalue weighted by atomic mass is 19.1. The van der Waals surface area contributed by atoms with E-state index in [-0.39, 0.29) is 5.82 Å². The zero-order valence-corrected chi connectivity index (χ0v) is 6.42. The lowest BCUT2D eigenvalue weighted by molar-refractivity contribution is 0.318. The fourth-order valence-corrected chi connectivity index (χ4v) is 1.53. The molecule has 0 aliphatic heterocycles. The van der Waals surface area contributed by atoms with Crippen molar-refractivity contribution in [3.63, 3.8) is 0 Å². The van der Waals surface area contributed by atoms with Crippen molar-refractivity contribution in [3.8, 4) is 0 Å². The standard InChI is InChI=1S/C9H8FNO/c10-7-3-1-6-2-4-9(11-12)8(6)5-7/h1,3,5,12H,2,4H2. The summed E-state index contributed by atoms with van der Waals surface area (Å²) in [6, 6.07) is 4.58. The Balaban J connectivity index is 2.57. The summed E-state index contributed by atoms with van der Waals surface area (Å²) in [7, 11) is 0. The summed E-state index contributed by atoms with van der Waals surface area (Å²) in [6.45, 7) is 0. The molecule has 0 amide bonds. The molecule has 2 nitrogen and oxygen atoms in total. The number of nitrogens with zero attached hydrogens (tertiary/aromatic N) is 1. The predicted octanol–water partition coefficient (Wildman–Crippen LogP) is 1.95. The first kappa shape index (κ1) is 7.28. The maximum Gasteiger partial charge on any atom is 0.123 e. The summed E-state index contributed by atoms with van der Waals surface area (Å²) in [5.41, 5.74) is 2.39. The molecular weight excluding hydrogens is 157 g/mol. The molecule has 1 N–H and O–H groups in total. The van der Waals surface area contributed by atoms with Gasteiger partial charge in [0, 0.05) is 5.56 Å². The van der Waals surface area contributed by atoms with Crippen LogP contribution in [-0.2, 0) is 6.42 Å². The second-order valence-corrected chi connectivity index (χ2v) is 2.85. The molecule has 0 fully saturated rings. The third-order valence-corrected chi connectivity index (χ3v) is 2.13. The van der Waals surface area contributed by atoms with Crippen molar-refractivity contribution >= 4 is 5.71 Å². The average Bonchev–Trinajstić information content (AvgIpc) is 2.46. The summed E-state index contributed by atoms with van der Waals surface area (Å²) in [4.78, 5) is 0. The maximum absolute atomic E-state index is 12.7. The van der Waals surface area contributed by atoms with Crippen LogP contribution in [0, 0.1) is 5.82 Å². The van der Waals surface area contributed by atoms with Crippen LogP contribution in [0.15, 0.2) is 23.4 Å². The van der Waals surface area contributed by atoms with Crippen LogP contribution in [-0.4, -0.2) is 10.9 Å². The number of hydrogen-bond donors (Lipinski definition) is 1. The Kier molecular flexibility index (Phi) is 1.57. The van der Waals surface area contributed by atoms with Gasteiger partial charge in [-0.25, -0.2) is 4.39 Å². The first-order valence-corrected chi connectivity index (χ1v) is 3.81. The van der Waals surface area contributed by atoms with Crippen molar-refractivity contribution in [1.29, 1.82) is 0 Å². The van der Waals surface area contributed by atoms with E-state index in [9.17, 15) is 4.39 Å². The molecule has 2 rings (SSSR count). The molecule has 1 aromatic carbocycles. The van der Waals surface area contributed by atoms with Gasteiger partial charge >= 0.3 is 0 Å². The molecular formula is C9H8FNO. The van der Waals surface area contributed by atoms with E-state index in [1.807, 2.05) is 0 Å². The monoisotopic (exact) mass is 165 g/mol. The largest absolute Gasteiger partial charge is 0.411 e. The Morgan fingerprint density at radius 3 is 2.92 bits per heavy atom. The smallest absolute Gasteiger partial charge is 0.123 e. The van der Waals surface area contributed by atoms with Gasteiger partial charge in [0.2, 0.25) is 0 Å². The minimum Gasteiger partial charge on any atom is -0.411 e. The normalized spacial score (nSPS) is 18.2. The minimum atomic E-state index is -0.281. The van der Waals surface area contributed by atoms with E-state index < -0.39 is 0 Å². The van der Waals surface area contributed by atoms with E-state index in [2.05, 4.69) is 5.16 Å². The van der Waals surface area contributed by atoms with Gasteiger partial charge in [-0.1, -0.05) is 11.2 Å². The first-order valence-electron chi connectivity index (χ1n) is 3.81. The zero-order chi connectivity index (χ0) is 8.55. The highest BCUT2D eigenvalue weighted by Crippen LogP contribution is 2.22. The third kappa shape index (κ3) is 0.978. The van der Waals surface area contributed by atoms with Crippen LogP contribution in [0.3, 0.4) is 0 Å². The third-order valence-electron chi connectivity index (χ3n) is 2.13. The Labute approximate surface area is 69.3 Å². The summed E-state index contributed by atoms with van der Waals surface area (Å²) in [5, 5.41) is 11.7. The van der Waals surface area contributed by atoms with Gasteiger partial charge in [-0.2, -0.15) is 0 Å². The van der Waals surface area contributed by atoms with E-state index in [1.54, 1.807) is 6.07 Å². The SMILES string of the molecule is ON=C1CCc2ccc(F)cc21. The molecule has 0 saturated heterocycles. The van der Waals surface area contributed by atoms with Crippen LogP contribution in [0.1, 0.15) is 17.5 Å². The molecule has 0 saturated carbocycles. The highest BCUT2D eigenvalue weighted by molar-refractivity contribution is 6.04. The number of rotatable bonds is 0. The molecule has 0 spiro atoms. The van der Waals surface area contributed by atoms with Crippen LogP contribution < -0.4 is 0 Å². The van der Waals surface area contributed by atoms with Gasteiger partial charge in [-0.05, 0) is 30.5 Å². The van der Waals surface area contributed by atoms with E-state index >= 15 is 0 Å². The number of fused-ring (bicyclic) bond motifs is 1. The molecule has 0 unspecified atom stereocenters. The quantitative estimate of drug-likeness (QED) is 0.462. The fourth-order valence-electron chi connectivity index (χ4n) is 1.53. The molecule has 1 aliphatic rings. The van der Waals surface area contributed by atoms with Crippen LogP contribution in [0.4, 0.5) is 4.39 Å². The molecule has 0 atom stereocenters. The second-order valence-electron chi connectivity index (χ2n) is 2.85. The van der Waals surface area contributed by atoms with Gasteiger partial charge in [0.05, 0.1) is 5.71 Å². The number of oxime groups is 1. The first-order chi connectivity index (χ1) is 5.81. The highest BCUT2D eigenvalue weighted by Gasteiger charge is 2.18. The van der Waals surface area contributed by atoms with Crippen molar-refractivity contribution in [2.75, 3.05) is 0 Å². The molecule has 1 aromatic rings. The van der Waals surface area contributed by atoms with Gasteiger partial charge in [0.1, 0.15) is 5.82 Å². The molecule has 12 heavy (non-hydrogen) atoms. The maximum atomic E-state index is 12.7. The van der Waals surface area contributed by atoms with Crippen LogP contribution in [0.25, 0.3) is 0 Å². The predicted molar refractivity (Wildman–Crippen MR) is 43.0 cm³/mol. The Morgan fingerprint density at radius 2 is 2.17 bits per heavy atom. The van der Waals surface area contributed by atoms with Crippen LogP contribution in [0.2, 0.25) is 0 Å². The lowest BCUT2D eigenvalue weighted by atomic mass is 10.1. The van der Waals surface area contributed by atoms with Gasteiger partial charge in [0.25, 0.3) is 0 Å². The number of hydrogen-bond acceptors (Lipinski definition) is 2. The van der Waals surface area contributed by atoms with Crippen molar-refractivity contribution in [1.82, 2.24) is 0 Å². The van der Waals surface area contributed by atoms with E-state index in [1.165, 1.54) is 12.1 Å². The molecule has 1 aliphatic carbocycles. The van der Waals surface area contributed by atoms with E-state index in [4.69, 9.17) is 5.21 Å². The van der Waals surface area contributed by atoms with Crippen molar-refractivity contribution in [2.24, 2.45) is 5.16 Å². The molecule has 0 aromatic heterocycles. The zero-order valence-electron chi connectivity index (χ0n) is 6.42. The summed E-state index contributed by atoms with van der Waals surface area (Å²) in [6.07, 6.45) is 1.55. The summed E-state index contributed by atoms with van der Waals surface area (Å²) < 4.78 is 12.7. The lowest BCUT2D eigenvalue weighted by Crippen LogP contribution is -1.94. The average molecular weight is 165 g/mol. The number of benzene rings is 1. The molecule has 0 heterocycles. The number of halogens is 1. The number of aryl methyl sites for hydroxylation is 1. The van der Waals surface area contributed by atoms with Gasteiger partial charge in [-0.3, -0.25) is 0 Å². The summed E-state index contributed by atoms with van der Waals surface area (Å²) >= 11 is 0. The lowest BCUT2D eigenvalue weighted by Gasteiger charge is -1.97. The van der Waals surface area contributed by atoms with Crippen molar-refractivity contribution in [3.05, 3.63) is 35.1 Å². The van der Waals surface area contributed by atoms with Gasteiger partial charge in [0.15, 0.2) is 0 Å². The van der Waals surface area contributed by atoms with Crippen molar-refractivity contribution < 1.29 is 9.60 Å². The van der Waals surface area contributed by atoms with E-state index in [0.717, 1.165) is 17.5 Å².